The van der Waals surface area contributed by atoms with Crippen LogP contribution in [0.5, 0.6) is 0 Å². The van der Waals surface area contributed by atoms with Crippen LogP contribution in [0.1, 0.15) is 27.0 Å². The van der Waals surface area contributed by atoms with Crippen LogP contribution in [0.2, 0.25) is 0 Å². The number of hydrogen-bond acceptors (Lipinski definition) is 3. The molecule has 1 amide bonds. The molecular weight excluding hydrogens is 426 g/mol. The molecule has 2 aromatic carbocycles. The lowest BCUT2D eigenvalue weighted by Gasteiger charge is -2.15. The highest BCUT2D eigenvalue weighted by Crippen LogP contribution is 2.36. The van der Waals surface area contributed by atoms with Crippen LogP contribution in [0.25, 0.3) is 0 Å². The normalized spacial score (nSPS) is 12.7. The molecule has 0 saturated carbocycles. The molecule has 0 aromatic heterocycles. The second-order valence-corrected chi connectivity index (χ2v) is 7.79. The van der Waals surface area contributed by atoms with E-state index in [1.54, 1.807) is 0 Å². The Kier molecular flexibility index (Phi) is 6.00. The summed E-state index contributed by atoms with van der Waals surface area (Å²) in [5.41, 5.74) is -3.97. The fourth-order valence-corrected chi connectivity index (χ4v) is 3.36. The van der Waals surface area contributed by atoms with Gasteiger partial charge in [-0.1, -0.05) is 6.07 Å². The molecule has 0 spiro atoms. The maximum Gasteiger partial charge on any atom is 0.416 e. The van der Waals surface area contributed by atoms with Crippen LogP contribution in [0.3, 0.4) is 0 Å². The average Bonchev–Trinajstić information content (AvgIpc) is 2.61. The van der Waals surface area contributed by atoms with Crippen molar-refractivity contribution in [1.82, 2.24) is 4.72 Å². The Morgan fingerprint density at radius 3 is 1.86 bits per heavy atom. The van der Waals surface area contributed by atoms with Gasteiger partial charge in [0.2, 0.25) is 10.0 Å². The van der Waals surface area contributed by atoms with E-state index in [1.807, 2.05) is 0 Å². The van der Waals surface area contributed by atoms with Gasteiger partial charge in [0.25, 0.3) is 5.91 Å². The second-order valence-electron chi connectivity index (χ2n) is 5.94. The Morgan fingerprint density at radius 2 is 1.41 bits per heavy atom. The van der Waals surface area contributed by atoms with Gasteiger partial charge in [-0.3, -0.25) is 4.79 Å². The molecule has 0 aliphatic heterocycles. The summed E-state index contributed by atoms with van der Waals surface area (Å²) in [6.45, 7) is 1.47. The van der Waals surface area contributed by atoms with Crippen LogP contribution in [0.4, 0.5) is 32.0 Å². The number of alkyl halides is 6. The maximum absolute atomic E-state index is 12.9. The molecule has 2 N–H and O–H groups in total. The van der Waals surface area contributed by atoms with Gasteiger partial charge in [-0.05, 0) is 49.9 Å². The fourth-order valence-electron chi connectivity index (χ4n) is 2.37. The topological polar surface area (TPSA) is 75.3 Å². The fraction of sp³-hybridized carbons (Fsp3) is 0.235. The lowest BCUT2D eigenvalue weighted by molar-refractivity contribution is -0.143. The Hall–Kier alpha value is -2.60. The molecule has 0 atom stereocenters. The zero-order valence-electron chi connectivity index (χ0n) is 14.9. The summed E-state index contributed by atoms with van der Waals surface area (Å²) in [6, 6.07) is 4.10. The first-order chi connectivity index (χ1) is 13.1. The molecule has 0 unspecified atom stereocenters. The van der Waals surface area contributed by atoms with Gasteiger partial charge >= 0.3 is 12.4 Å². The van der Waals surface area contributed by atoms with E-state index in [4.69, 9.17) is 0 Å². The molecule has 0 heterocycles. The van der Waals surface area contributed by atoms with Crippen molar-refractivity contribution in [2.24, 2.45) is 0 Å². The predicted octanol–water partition coefficient (Wildman–Crippen LogP) is 4.19. The van der Waals surface area contributed by atoms with Crippen LogP contribution in [0.15, 0.2) is 41.3 Å². The number of carbonyl (C=O) groups is 1. The van der Waals surface area contributed by atoms with Crippen LogP contribution in [-0.2, 0) is 22.4 Å². The molecule has 0 bridgehead atoms. The first-order valence-corrected chi connectivity index (χ1v) is 9.28. The molecule has 0 radical (unpaired) electrons. The van der Waals surface area contributed by atoms with Gasteiger partial charge in [-0.15, -0.1) is 0 Å². The van der Waals surface area contributed by atoms with Crippen LogP contribution < -0.4 is 10.0 Å². The molecule has 0 aliphatic rings. The molecule has 0 saturated heterocycles. The summed E-state index contributed by atoms with van der Waals surface area (Å²) in [5.74, 6) is -1.27. The quantitative estimate of drug-likeness (QED) is 0.700. The third kappa shape index (κ3) is 5.26. The number of rotatable bonds is 4. The number of benzene rings is 2. The average molecular weight is 440 g/mol. The van der Waals surface area contributed by atoms with Crippen molar-refractivity contribution in [3.63, 3.8) is 0 Å². The van der Waals surface area contributed by atoms with Crippen molar-refractivity contribution < 1.29 is 39.6 Å². The molecule has 5 nitrogen and oxygen atoms in total. The zero-order chi connectivity index (χ0) is 22.2. The van der Waals surface area contributed by atoms with Gasteiger partial charge in [0.1, 0.15) is 0 Å². The van der Waals surface area contributed by atoms with Crippen molar-refractivity contribution in [3.8, 4) is 0 Å². The second kappa shape index (κ2) is 7.67. The number of amides is 1. The van der Waals surface area contributed by atoms with Gasteiger partial charge < -0.3 is 5.32 Å². The molecular formula is C17H14F6N2O3S. The van der Waals surface area contributed by atoms with E-state index in [0.29, 0.717) is 5.56 Å². The SMILES string of the molecule is CNS(=O)(=O)c1cc(NC(=O)c2cc(C(F)(F)F)cc(C(F)(F)F)c2)ccc1C. The molecule has 2 aromatic rings. The minimum atomic E-state index is -5.10. The summed E-state index contributed by atoms with van der Waals surface area (Å²) in [4.78, 5) is 12.1. The Morgan fingerprint density at radius 1 is 0.897 bits per heavy atom. The zero-order valence-corrected chi connectivity index (χ0v) is 15.7. The standard InChI is InChI=1S/C17H14F6N2O3S/c1-9-3-4-13(8-14(9)29(27,28)24-2)25-15(26)10-5-11(16(18,19)20)7-12(6-10)17(21,22)23/h3-8,24H,1-2H3,(H,25,26). The number of aryl methyl sites for hydroxylation is 1. The lowest BCUT2D eigenvalue weighted by atomic mass is 10.0. The monoisotopic (exact) mass is 440 g/mol. The number of carbonyl (C=O) groups excluding carboxylic acids is 1. The van der Waals surface area contributed by atoms with E-state index in [1.165, 1.54) is 19.1 Å². The minimum absolute atomic E-state index is 0.0970. The highest BCUT2D eigenvalue weighted by Gasteiger charge is 2.37. The van der Waals surface area contributed by atoms with Crippen LogP contribution in [0, 0.1) is 6.92 Å². The highest BCUT2D eigenvalue weighted by molar-refractivity contribution is 7.89. The molecule has 2 rings (SSSR count). The summed E-state index contributed by atoms with van der Waals surface area (Å²) >= 11 is 0. The van der Waals surface area contributed by atoms with Crippen molar-refractivity contribution in [2.75, 3.05) is 12.4 Å². The Balaban J connectivity index is 2.47. The summed E-state index contributed by atoms with van der Waals surface area (Å²) in [5, 5.41) is 2.11. The number of hydrogen-bond donors (Lipinski definition) is 2. The van der Waals surface area contributed by atoms with Gasteiger partial charge in [0, 0.05) is 11.3 Å². The Bertz CT molecular complexity index is 1010. The molecule has 158 valence electrons. The summed E-state index contributed by atoms with van der Waals surface area (Å²) in [7, 11) is -2.75. The van der Waals surface area contributed by atoms with Gasteiger partial charge in [-0.2, -0.15) is 26.3 Å². The van der Waals surface area contributed by atoms with E-state index in [-0.39, 0.29) is 28.8 Å². The number of sulfonamides is 1. The van der Waals surface area contributed by atoms with Gasteiger partial charge in [0.05, 0.1) is 16.0 Å². The molecule has 0 aliphatic carbocycles. The van der Waals surface area contributed by atoms with Crippen molar-refractivity contribution in [1.29, 1.82) is 0 Å². The van der Waals surface area contributed by atoms with E-state index < -0.39 is 45.0 Å². The molecule has 12 heteroatoms. The van der Waals surface area contributed by atoms with Crippen molar-refractivity contribution in [3.05, 3.63) is 58.7 Å². The first kappa shape index (κ1) is 22.7. The first-order valence-electron chi connectivity index (χ1n) is 7.80. The lowest BCUT2D eigenvalue weighted by Crippen LogP contribution is -2.20. The summed E-state index contributed by atoms with van der Waals surface area (Å²) < 4.78 is 104. The largest absolute Gasteiger partial charge is 0.416 e. The smallest absolute Gasteiger partial charge is 0.322 e. The van der Waals surface area contributed by atoms with E-state index >= 15 is 0 Å². The third-order valence-electron chi connectivity index (χ3n) is 3.85. The van der Waals surface area contributed by atoms with E-state index in [2.05, 4.69) is 10.0 Å². The van der Waals surface area contributed by atoms with Gasteiger partial charge in [-0.25, -0.2) is 13.1 Å². The van der Waals surface area contributed by atoms with E-state index in [0.717, 1.165) is 13.1 Å². The summed E-state index contributed by atoms with van der Waals surface area (Å²) in [6.07, 6.45) is -10.2. The van der Waals surface area contributed by atoms with Crippen LogP contribution in [-0.4, -0.2) is 21.4 Å². The molecule has 0 fully saturated rings. The maximum atomic E-state index is 12.9. The van der Waals surface area contributed by atoms with Crippen molar-refractivity contribution >= 4 is 21.6 Å². The highest BCUT2D eigenvalue weighted by atomic mass is 32.2. The number of halogens is 6. The van der Waals surface area contributed by atoms with Gasteiger partial charge in [0.15, 0.2) is 0 Å². The Labute approximate surface area is 161 Å². The minimum Gasteiger partial charge on any atom is -0.322 e. The number of anilines is 1. The van der Waals surface area contributed by atoms with Crippen LogP contribution >= 0.6 is 0 Å². The van der Waals surface area contributed by atoms with E-state index in [9.17, 15) is 39.6 Å². The van der Waals surface area contributed by atoms with Crippen molar-refractivity contribution in [2.45, 2.75) is 24.2 Å². The predicted molar refractivity (Wildman–Crippen MR) is 91.8 cm³/mol. The number of nitrogens with one attached hydrogen (secondary N) is 2. The molecule has 29 heavy (non-hydrogen) atoms. The third-order valence-corrected chi connectivity index (χ3v) is 5.41.